The number of carbonyl (C=O) groups is 1. The van der Waals surface area contributed by atoms with Gasteiger partial charge in [0, 0.05) is 0 Å². The summed E-state index contributed by atoms with van der Waals surface area (Å²) >= 11 is 0. The predicted octanol–water partition coefficient (Wildman–Crippen LogP) is 1.98. The minimum Gasteiger partial charge on any atom is -0.481 e. The highest BCUT2D eigenvalue weighted by molar-refractivity contribution is 5.90. The molecule has 1 aromatic heterocycles. The summed E-state index contributed by atoms with van der Waals surface area (Å²) in [6.45, 7) is -0.600. The van der Waals surface area contributed by atoms with Gasteiger partial charge in [-0.15, -0.1) is 5.10 Å². The Hall–Kier alpha value is -2.65. The number of carbonyl (C=O) groups excluding carboxylic acids is 1. The number of para-hydroxylation sites is 1. The van der Waals surface area contributed by atoms with Gasteiger partial charge in [-0.1, -0.05) is 12.1 Å². The van der Waals surface area contributed by atoms with Crippen LogP contribution in [0.3, 0.4) is 0 Å². The van der Waals surface area contributed by atoms with Crippen molar-refractivity contribution in [2.75, 3.05) is 11.9 Å². The first-order chi connectivity index (χ1) is 9.86. The minimum atomic E-state index is -4.69. The van der Waals surface area contributed by atoms with E-state index in [1.54, 1.807) is 5.10 Å². The average molecular weight is 304 g/mol. The summed E-state index contributed by atoms with van der Waals surface area (Å²) in [7, 11) is 0. The van der Waals surface area contributed by atoms with Gasteiger partial charge in [-0.25, -0.2) is 4.39 Å². The van der Waals surface area contributed by atoms with Gasteiger partial charge < -0.3 is 4.74 Å². The first-order valence-electron chi connectivity index (χ1n) is 5.53. The molecular formula is C11H8F4N4O2. The zero-order chi connectivity index (χ0) is 15.5. The summed E-state index contributed by atoms with van der Waals surface area (Å²) in [4.78, 5) is 14.5. The Bertz CT molecular complexity index is 641. The lowest BCUT2D eigenvalue weighted by atomic mass is 10.3. The van der Waals surface area contributed by atoms with E-state index in [-0.39, 0.29) is 5.75 Å². The number of nitrogens with zero attached hydrogens (tertiary/aromatic N) is 2. The summed E-state index contributed by atoms with van der Waals surface area (Å²) in [6.07, 6.45) is -4.69. The molecule has 0 bridgehead atoms. The van der Waals surface area contributed by atoms with E-state index < -0.39 is 36.3 Å². The number of aromatic amines is 1. The minimum absolute atomic E-state index is 0.154. The number of alkyl halides is 3. The van der Waals surface area contributed by atoms with Crippen LogP contribution in [0.2, 0.25) is 0 Å². The lowest BCUT2D eigenvalue weighted by Crippen LogP contribution is -2.21. The van der Waals surface area contributed by atoms with Crippen molar-refractivity contribution in [1.29, 1.82) is 0 Å². The molecule has 2 N–H and O–H groups in total. The molecular weight excluding hydrogens is 296 g/mol. The number of aromatic nitrogens is 3. The SMILES string of the molecule is O=C(COc1ccccc1F)Nc1n[nH]c(C(F)(F)F)n1. The second-order valence-electron chi connectivity index (χ2n) is 3.77. The molecule has 2 aromatic rings. The number of amides is 1. The van der Waals surface area contributed by atoms with Crippen LogP contribution in [-0.2, 0) is 11.0 Å². The smallest absolute Gasteiger partial charge is 0.451 e. The molecule has 6 nitrogen and oxygen atoms in total. The Morgan fingerprint density at radius 1 is 1.33 bits per heavy atom. The van der Waals surface area contributed by atoms with Crippen molar-refractivity contribution >= 4 is 11.9 Å². The highest BCUT2D eigenvalue weighted by atomic mass is 19.4. The summed E-state index contributed by atoms with van der Waals surface area (Å²) in [5, 5.41) is 6.79. The van der Waals surface area contributed by atoms with Crippen molar-refractivity contribution in [2.24, 2.45) is 0 Å². The molecule has 0 saturated carbocycles. The molecule has 1 heterocycles. The van der Waals surface area contributed by atoms with Gasteiger partial charge in [0.05, 0.1) is 0 Å². The molecule has 0 unspecified atom stereocenters. The summed E-state index contributed by atoms with van der Waals surface area (Å²) in [6, 6.07) is 5.38. The Kier molecular flexibility index (Phi) is 4.05. The van der Waals surface area contributed by atoms with Crippen molar-refractivity contribution in [1.82, 2.24) is 15.2 Å². The standard InChI is InChI=1S/C11H8F4N4O2/c12-6-3-1-2-4-7(6)21-5-8(20)16-10-17-9(18-19-10)11(13,14)15/h1-4H,5H2,(H2,16,17,18,19,20). The lowest BCUT2D eigenvalue weighted by Gasteiger charge is -2.05. The van der Waals surface area contributed by atoms with E-state index >= 15 is 0 Å². The number of hydrogen-bond donors (Lipinski definition) is 2. The second kappa shape index (κ2) is 5.77. The number of hydrogen-bond acceptors (Lipinski definition) is 4. The number of nitrogens with one attached hydrogen (secondary N) is 2. The first kappa shape index (κ1) is 14.8. The molecule has 0 atom stereocenters. The van der Waals surface area contributed by atoms with Crippen LogP contribution in [0.25, 0.3) is 0 Å². The lowest BCUT2D eigenvalue weighted by molar-refractivity contribution is -0.144. The fourth-order valence-electron chi connectivity index (χ4n) is 1.31. The van der Waals surface area contributed by atoms with Crippen molar-refractivity contribution in [3.8, 4) is 5.75 Å². The number of anilines is 1. The van der Waals surface area contributed by atoms with Gasteiger partial charge >= 0.3 is 6.18 Å². The Balaban J connectivity index is 1.90. The number of ether oxygens (including phenoxy) is 1. The molecule has 0 radical (unpaired) electrons. The maximum Gasteiger partial charge on any atom is 0.451 e. The van der Waals surface area contributed by atoms with E-state index in [1.807, 2.05) is 5.32 Å². The highest BCUT2D eigenvalue weighted by Crippen LogP contribution is 2.26. The van der Waals surface area contributed by atoms with Crippen molar-refractivity contribution in [3.05, 3.63) is 35.9 Å². The molecule has 10 heteroatoms. The fourth-order valence-corrected chi connectivity index (χ4v) is 1.31. The molecule has 2 rings (SSSR count). The van der Waals surface area contributed by atoms with E-state index in [1.165, 1.54) is 18.2 Å². The van der Waals surface area contributed by atoms with Crippen LogP contribution in [0.5, 0.6) is 5.75 Å². The van der Waals surface area contributed by atoms with Gasteiger partial charge in [-0.2, -0.15) is 18.2 Å². The van der Waals surface area contributed by atoms with Gasteiger partial charge in [0.1, 0.15) is 0 Å². The topological polar surface area (TPSA) is 79.9 Å². The fraction of sp³-hybridized carbons (Fsp3) is 0.182. The molecule has 1 amide bonds. The van der Waals surface area contributed by atoms with E-state index in [9.17, 15) is 22.4 Å². The third-order valence-electron chi connectivity index (χ3n) is 2.20. The molecule has 112 valence electrons. The second-order valence-corrected chi connectivity index (χ2v) is 3.77. The van der Waals surface area contributed by atoms with Gasteiger partial charge in [-0.05, 0) is 12.1 Å². The Labute approximate surface area is 115 Å². The molecule has 0 fully saturated rings. The monoisotopic (exact) mass is 304 g/mol. The average Bonchev–Trinajstić information content (AvgIpc) is 2.86. The van der Waals surface area contributed by atoms with Gasteiger partial charge in [0.2, 0.25) is 11.8 Å². The van der Waals surface area contributed by atoms with Crippen LogP contribution in [0.15, 0.2) is 24.3 Å². The van der Waals surface area contributed by atoms with Crippen LogP contribution in [0.1, 0.15) is 5.82 Å². The highest BCUT2D eigenvalue weighted by Gasteiger charge is 2.35. The van der Waals surface area contributed by atoms with Crippen molar-refractivity contribution in [3.63, 3.8) is 0 Å². The summed E-state index contributed by atoms with van der Waals surface area (Å²) < 4.78 is 54.8. The van der Waals surface area contributed by atoms with Crippen molar-refractivity contribution < 1.29 is 27.1 Å². The number of halogens is 4. The molecule has 1 aromatic carbocycles. The third kappa shape index (κ3) is 3.91. The van der Waals surface area contributed by atoms with Crippen molar-refractivity contribution in [2.45, 2.75) is 6.18 Å². The zero-order valence-corrected chi connectivity index (χ0v) is 10.2. The summed E-state index contributed by atoms with van der Waals surface area (Å²) in [5.41, 5.74) is 0. The molecule has 21 heavy (non-hydrogen) atoms. The van der Waals surface area contributed by atoms with Gasteiger partial charge in [0.15, 0.2) is 18.2 Å². The zero-order valence-electron chi connectivity index (χ0n) is 10.2. The van der Waals surface area contributed by atoms with Gasteiger partial charge in [0.25, 0.3) is 5.91 Å². The molecule has 0 aliphatic heterocycles. The quantitative estimate of drug-likeness (QED) is 0.846. The largest absolute Gasteiger partial charge is 0.481 e. The van der Waals surface area contributed by atoms with Crippen LogP contribution < -0.4 is 10.1 Å². The predicted molar refractivity (Wildman–Crippen MR) is 61.9 cm³/mol. The molecule has 0 aliphatic rings. The number of rotatable bonds is 4. The van der Waals surface area contributed by atoms with Crippen LogP contribution in [-0.4, -0.2) is 27.7 Å². The Morgan fingerprint density at radius 3 is 2.67 bits per heavy atom. The normalized spacial score (nSPS) is 11.2. The Morgan fingerprint density at radius 2 is 2.05 bits per heavy atom. The van der Waals surface area contributed by atoms with E-state index in [0.717, 1.165) is 6.07 Å². The number of H-pyrrole nitrogens is 1. The van der Waals surface area contributed by atoms with E-state index in [4.69, 9.17) is 4.74 Å². The maximum atomic E-state index is 13.2. The third-order valence-corrected chi connectivity index (χ3v) is 2.20. The van der Waals surface area contributed by atoms with E-state index in [2.05, 4.69) is 10.1 Å². The van der Waals surface area contributed by atoms with Crippen LogP contribution in [0, 0.1) is 5.82 Å². The van der Waals surface area contributed by atoms with Gasteiger partial charge in [-0.3, -0.25) is 15.2 Å². The molecule has 0 saturated heterocycles. The van der Waals surface area contributed by atoms with Crippen LogP contribution in [0.4, 0.5) is 23.5 Å². The number of benzene rings is 1. The molecule has 0 aliphatic carbocycles. The maximum absolute atomic E-state index is 13.2. The summed E-state index contributed by atoms with van der Waals surface area (Å²) in [5.74, 6) is -3.54. The van der Waals surface area contributed by atoms with Crippen LogP contribution >= 0.6 is 0 Å². The molecule has 0 spiro atoms. The first-order valence-corrected chi connectivity index (χ1v) is 5.53. The van der Waals surface area contributed by atoms with E-state index in [0.29, 0.717) is 0 Å².